The van der Waals surface area contributed by atoms with E-state index in [9.17, 15) is 5.11 Å². The van der Waals surface area contributed by atoms with Gasteiger partial charge in [-0.2, -0.15) is 0 Å². The SMILES string of the molecule is Cc1ccc(C(O)c2cccc(C)c2C)o1. The second-order valence-electron chi connectivity index (χ2n) is 4.14. The molecule has 0 amide bonds. The van der Waals surface area contributed by atoms with E-state index in [1.165, 1.54) is 5.56 Å². The highest BCUT2D eigenvalue weighted by Crippen LogP contribution is 2.27. The predicted octanol–water partition coefficient (Wildman–Crippen LogP) is 3.29. The smallest absolute Gasteiger partial charge is 0.137 e. The highest BCUT2D eigenvalue weighted by molar-refractivity contribution is 5.37. The zero-order valence-electron chi connectivity index (χ0n) is 9.82. The van der Waals surface area contributed by atoms with Crippen molar-refractivity contribution in [3.8, 4) is 0 Å². The number of hydrogen-bond acceptors (Lipinski definition) is 2. The Balaban J connectivity index is 2.41. The highest BCUT2D eigenvalue weighted by atomic mass is 16.4. The van der Waals surface area contributed by atoms with Crippen LogP contribution in [0.25, 0.3) is 0 Å². The molecule has 1 unspecified atom stereocenters. The van der Waals surface area contributed by atoms with E-state index in [0.29, 0.717) is 5.76 Å². The van der Waals surface area contributed by atoms with Crippen molar-refractivity contribution in [3.63, 3.8) is 0 Å². The lowest BCUT2D eigenvalue weighted by Crippen LogP contribution is -2.01. The van der Waals surface area contributed by atoms with Crippen molar-refractivity contribution in [2.45, 2.75) is 26.9 Å². The summed E-state index contributed by atoms with van der Waals surface area (Å²) in [6, 6.07) is 9.62. The molecule has 1 heterocycles. The van der Waals surface area contributed by atoms with Crippen LogP contribution in [0, 0.1) is 20.8 Å². The van der Waals surface area contributed by atoms with Crippen LogP contribution in [0.3, 0.4) is 0 Å². The molecule has 84 valence electrons. The molecular formula is C14H16O2. The summed E-state index contributed by atoms with van der Waals surface area (Å²) in [7, 11) is 0. The molecule has 1 aromatic carbocycles. The van der Waals surface area contributed by atoms with Gasteiger partial charge in [0.15, 0.2) is 0 Å². The average molecular weight is 216 g/mol. The molecule has 0 radical (unpaired) electrons. The largest absolute Gasteiger partial charge is 0.463 e. The first-order chi connectivity index (χ1) is 7.59. The zero-order chi connectivity index (χ0) is 11.7. The normalized spacial score (nSPS) is 12.8. The number of rotatable bonds is 2. The number of benzene rings is 1. The fourth-order valence-corrected chi connectivity index (χ4v) is 1.82. The van der Waals surface area contributed by atoms with Crippen LogP contribution in [-0.2, 0) is 0 Å². The van der Waals surface area contributed by atoms with Crippen molar-refractivity contribution in [1.82, 2.24) is 0 Å². The van der Waals surface area contributed by atoms with E-state index in [4.69, 9.17) is 4.42 Å². The van der Waals surface area contributed by atoms with Crippen LogP contribution >= 0.6 is 0 Å². The van der Waals surface area contributed by atoms with Gasteiger partial charge in [-0.3, -0.25) is 0 Å². The van der Waals surface area contributed by atoms with Crippen LogP contribution in [0.2, 0.25) is 0 Å². The first-order valence-corrected chi connectivity index (χ1v) is 5.40. The van der Waals surface area contributed by atoms with Crippen molar-refractivity contribution in [1.29, 1.82) is 0 Å². The summed E-state index contributed by atoms with van der Waals surface area (Å²) in [6.45, 7) is 5.93. The van der Waals surface area contributed by atoms with Crippen LogP contribution in [0.1, 0.15) is 34.3 Å². The molecule has 0 saturated carbocycles. The summed E-state index contributed by atoms with van der Waals surface area (Å²) in [6.07, 6.45) is -0.673. The predicted molar refractivity (Wildman–Crippen MR) is 63.4 cm³/mol. The molecule has 2 aromatic rings. The van der Waals surface area contributed by atoms with Crippen LogP contribution in [0.5, 0.6) is 0 Å². The minimum absolute atomic E-state index is 0.603. The first kappa shape index (κ1) is 11.0. The molecule has 1 N–H and O–H groups in total. The lowest BCUT2D eigenvalue weighted by Gasteiger charge is -2.13. The number of hydrogen-bond donors (Lipinski definition) is 1. The van der Waals surface area contributed by atoms with Crippen LogP contribution < -0.4 is 0 Å². The molecule has 2 rings (SSSR count). The molecule has 2 heteroatoms. The van der Waals surface area contributed by atoms with Crippen LogP contribution in [-0.4, -0.2) is 5.11 Å². The minimum atomic E-state index is -0.673. The Morgan fingerprint density at radius 3 is 2.44 bits per heavy atom. The van der Waals surface area contributed by atoms with Crippen LogP contribution in [0.4, 0.5) is 0 Å². The van der Waals surface area contributed by atoms with Crippen LogP contribution in [0.15, 0.2) is 34.7 Å². The van der Waals surface area contributed by atoms with Gasteiger partial charge in [-0.05, 0) is 49.6 Å². The van der Waals surface area contributed by atoms with Crippen molar-refractivity contribution in [2.24, 2.45) is 0 Å². The van der Waals surface area contributed by atoms with E-state index in [-0.39, 0.29) is 0 Å². The second kappa shape index (κ2) is 4.14. The molecule has 1 aromatic heterocycles. The molecule has 0 aliphatic heterocycles. The highest BCUT2D eigenvalue weighted by Gasteiger charge is 2.16. The van der Waals surface area contributed by atoms with Gasteiger partial charge < -0.3 is 9.52 Å². The Hall–Kier alpha value is -1.54. The maximum Gasteiger partial charge on any atom is 0.137 e. The Morgan fingerprint density at radius 1 is 1.06 bits per heavy atom. The van der Waals surface area contributed by atoms with Gasteiger partial charge in [0.25, 0.3) is 0 Å². The fraction of sp³-hybridized carbons (Fsp3) is 0.286. The van der Waals surface area contributed by atoms with Gasteiger partial charge in [-0.1, -0.05) is 18.2 Å². The van der Waals surface area contributed by atoms with E-state index >= 15 is 0 Å². The summed E-state index contributed by atoms with van der Waals surface area (Å²) in [5, 5.41) is 10.2. The van der Waals surface area contributed by atoms with Gasteiger partial charge in [0.05, 0.1) is 0 Å². The van der Waals surface area contributed by atoms with E-state index in [0.717, 1.165) is 16.9 Å². The molecule has 0 aliphatic carbocycles. The molecule has 0 aliphatic rings. The minimum Gasteiger partial charge on any atom is -0.463 e. The molecule has 0 spiro atoms. The monoisotopic (exact) mass is 216 g/mol. The fourth-order valence-electron chi connectivity index (χ4n) is 1.82. The summed E-state index contributed by atoms with van der Waals surface area (Å²) < 4.78 is 5.44. The molecule has 2 nitrogen and oxygen atoms in total. The Bertz CT molecular complexity index is 497. The molecule has 1 atom stereocenters. The average Bonchev–Trinajstić information content (AvgIpc) is 2.68. The van der Waals surface area contributed by atoms with Gasteiger partial charge in [0.2, 0.25) is 0 Å². The Kier molecular flexibility index (Phi) is 2.84. The molecule has 0 fully saturated rings. The molecular weight excluding hydrogens is 200 g/mol. The van der Waals surface area contributed by atoms with E-state index in [1.54, 1.807) is 0 Å². The van der Waals surface area contributed by atoms with E-state index < -0.39 is 6.10 Å². The summed E-state index contributed by atoms with van der Waals surface area (Å²) >= 11 is 0. The third-order valence-electron chi connectivity index (χ3n) is 2.97. The maximum absolute atomic E-state index is 10.2. The van der Waals surface area contributed by atoms with Gasteiger partial charge >= 0.3 is 0 Å². The Labute approximate surface area is 95.5 Å². The quantitative estimate of drug-likeness (QED) is 0.835. The van der Waals surface area contributed by atoms with Crippen molar-refractivity contribution < 1.29 is 9.52 Å². The number of aryl methyl sites for hydroxylation is 2. The number of aliphatic hydroxyl groups excluding tert-OH is 1. The molecule has 0 bridgehead atoms. The number of aliphatic hydroxyl groups is 1. The summed E-state index contributed by atoms with van der Waals surface area (Å²) in [4.78, 5) is 0. The van der Waals surface area contributed by atoms with Crippen molar-refractivity contribution >= 4 is 0 Å². The van der Waals surface area contributed by atoms with E-state index in [2.05, 4.69) is 0 Å². The van der Waals surface area contributed by atoms with Gasteiger partial charge in [0.1, 0.15) is 17.6 Å². The van der Waals surface area contributed by atoms with Crippen molar-refractivity contribution in [3.05, 3.63) is 58.5 Å². The maximum atomic E-state index is 10.2. The lowest BCUT2D eigenvalue weighted by atomic mass is 9.98. The van der Waals surface area contributed by atoms with E-state index in [1.807, 2.05) is 51.1 Å². The standard InChI is InChI=1S/C14H16O2/c1-9-5-4-6-12(11(9)3)14(15)13-8-7-10(2)16-13/h4-8,14-15H,1-3H3. The number of furan rings is 1. The first-order valence-electron chi connectivity index (χ1n) is 5.40. The Morgan fingerprint density at radius 2 is 1.81 bits per heavy atom. The second-order valence-corrected chi connectivity index (χ2v) is 4.14. The molecule has 0 saturated heterocycles. The summed E-state index contributed by atoms with van der Waals surface area (Å²) in [5.41, 5.74) is 3.21. The summed E-state index contributed by atoms with van der Waals surface area (Å²) in [5.74, 6) is 1.42. The van der Waals surface area contributed by atoms with Gasteiger partial charge in [-0.15, -0.1) is 0 Å². The lowest BCUT2D eigenvalue weighted by molar-refractivity contribution is 0.187. The third-order valence-corrected chi connectivity index (χ3v) is 2.97. The van der Waals surface area contributed by atoms with Gasteiger partial charge in [-0.25, -0.2) is 0 Å². The van der Waals surface area contributed by atoms with Gasteiger partial charge in [0, 0.05) is 0 Å². The third kappa shape index (κ3) is 1.89. The topological polar surface area (TPSA) is 33.4 Å². The van der Waals surface area contributed by atoms with Crippen molar-refractivity contribution in [2.75, 3.05) is 0 Å². The zero-order valence-corrected chi connectivity index (χ0v) is 9.82. The molecule has 16 heavy (non-hydrogen) atoms.